The Labute approximate surface area is 146 Å². The number of amides is 1. The number of carbonyl (C=O) groups is 1. The van der Waals surface area contributed by atoms with E-state index < -0.39 is 0 Å². The summed E-state index contributed by atoms with van der Waals surface area (Å²) in [7, 11) is 0. The maximum Gasteiger partial charge on any atom is 0.271 e. The molecular weight excluding hydrogens is 312 g/mol. The molecule has 0 spiro atoms. The first-order chi connectivity index (χ1) is 12.2. The zero-order valence-corrected chi connectivity index (χ0v) is 13.9. The molecule has 5 nitrogen and oxygen atoms in total. The van der Waals surface area contributed by atoms with Gasteiger partial charge < -0.3 is 4.57 Å². The quantitative estimate of drug-likeness (QED) is 0.573. The highest BCUT2D eigenvalue weighted by Gasteiger charge is 2.07. The first-order valence-corrected chi connectivity index (χ1v) is 8.04. The van der Waals surface area contributed by atoms with E-state index in [0.29, 0.717) is 18.5 Å². The van der Waals surface area contributed by atoms with Gasteiger partial charge in [0, 0.05) is 34.8 Å². The minimum absolute atomic E-state index is 0.246. The molecule has 0 radical (unpaired) electrons. The molecule has 0 bridgehead atoms. The van der Waals surface area contributed by atoms with Crippen molar-refractivity contribution in [2.24, 2.45) is 5.10 Å². The second kappa shape index (κ2) is 7.45. The van der Waals surface area contributed by atoms with Gasteiger partial charge in [-0.25, -0.2) is 5.43 Å². The molecule has 25 heavy (non-hydrogen) atoms. The van der Waals surface area contributed by atoms with Gasteiger partial charge >= 0.3 is 0 Å². The Kier molecular flexibility index (Phi) is 4.91. The van der Waals surface area contributed by atoms with E-state index in [1.165, 1.54) is 0 Å². The third-order valence-electron chi connectivity index (χ3n) is 3.97. The Morgan fingerprint density at radius 2 is 2.00 bits per heavy atom. The van der Waals surface area contributed by atoms with Gasteiger partial charge in [-0.2, -0.15) is 10.4 Å². The van der Waals surface area contributed by atoms with Crippen molar-refractivity contribution in [3.8, 4) is 6.07 Å². The Balaban J connectivity index is 1.78. The zero-order chi connectivity index (χ0) is 17.6. The Bertz CT molecular complexity index is 962. The first kappa shape index (κ1) is 16.5. The van der Waals surface area contributed by atoms with Crippen LogP contribution in [0.5, 0.6) is 0 Å². The van der Waals surface area contributed by atoms with E-state index >= 15 is 0 Å². The normalized spacial score (nSPS) is 10.9. The smallest absolute Gasteiger partial charge is 0.271 e. The van der Waals surface area contributed by atoms with Crippen LogP contribution in [0.25, 0.3) is 10.9 Å². The molecule has 0 atom stereocenters. The van der Waals surface area contributed by atoms with E-state index in [0.717, 1.165) is 22.0 Å². The molecule has 0 aliphatic carbocycles. The number of rotatable bonds is 5. The molecule has 0 aliphatic rings. The molecule has 3 aromatic rings. The Morgan fingerprint density at radius 3 is 2.76 bits per heavy atom. The van der Waals surface area contributed by atoms with Gasteiger partial charge in [0.25, 0.3) is 5.91 Å². The average molecular weight is 330 g/mol. The van der Waals surface area contributed by atoms with Crippen LogP contribution in [0.3, 0.4) is 0 Å². The van der Waals surface area contributed by atoms with Crippen molar-refractivity contribution in [1.82, 2.24) is 9.99 Å². The number of fused-ring (bicyclic) bond motifs is 1. The van der Waals surface area contributed by atoms with Crippen LogP contribution in [0.1, 0.15) is 27.9 Å². The van der Waals surface area contributed by atoms with Crippen LogP contribution in [-0.2, 0) is 6.54 Å². The van der Waals surface area contributed by atoms with E-state index in [9.17, 15) is 4.79 Å². The molecule has 1 heterocycles. The van der Waals surface area contributed by atoms with Gasteiger partial charge in [-0.05, 0) is 25.1 Å². The molecule has 1 N–H and O–H groups in total. The molecule has 0 fully saturated rings. The lowest BCUT2D eigenvalue weighted by atomic mass is 10.1. The van der Waals surface area contributed by atoms with E-state index in [1.54, 1.807) is 18.3 Å². The largest absolute Gasteiger partial charge is 0.346 e. The third kappa shape index (κ3) is 3.75. The molecule has 1 amide bonds. The van der Waals surface area contributed by atoms with Crippen molar-refractivity contribution in [1.29, 1.82) is 5.26 Å². The van der Waals surface area contributed by atoms with Crippen molar-refractivity contribution in [3.63, 3.8) is 0 Å². The van der Waals surface area contributed by atoms with E-state index in [1.807, 2.05) is 54.1 Å². The zero-order valence-electron chi connectivity index (χ0n) is 13.9. The molecule has 0 saturated heterocycles. The van der Waals surface area contributed by atoms with Crippen molar-refractivity contribution in [2.75, 3.05) is 0 Å². The summed E-state index contributed by atoms with van der Waals surface area (Å²) in [5.74, 6) is -0.246. The fraction of sp³-hybridized carbons (Fsp3) is 0.150. The van der Waals surface area contributed by atoms with Crippen LogP contribution in [0, 0.1) is 18.3 Å². The summed E-state index contributed by atoms with van der Waals surface area (Å²) >= 11 is 0. The SMILES string of the molecule is Cc1ccc(C(=O)N/N=C\c2cn(CCC#N)c3ccccc23)cc1. The van der Waals surface area contributed by atoms with Crippen molar-refractivity contribution in [2.45, 2.75) is 19.9 Å². The predicted molar refractivity (Wildman–Crippen MR) is 98.4 cm³/mol. The number of hydrazone groups is 1. The maximum atomic E-state index is 12.1. The molecule has 3 rings (SSSR count). The second-order valence-electron chi connectivity index (χ2n) is 5.77. The third-order valence-corrected chi connectivity index (χ3v) is 3.97. The van der Waals surface area contributed by atoms with E-state index in [-0.39, 0.29) is 5.91 Å². The highest BCUT2D eigenvalue weighted by molar-refractivity contribution is 6.00. The molecule has 5 heteroatoms. The minimum Gasteiger partial charge on any atom is -0.346 e. The van der Waals surface area contributed by atoms with Gasteiger partial charge in [0.15, 0.2) is 0 Å². The number of hydrogen-bond donors (Lipinski definition) is 1. The Hall–Kier alpha value is -3.39. The summed E-state index contributed by atoms with van der Waals surface area (Å²) in [5.41, 5.74) is 6.17. The first-order valence-electron chi connectivity index (χ1n) is 8.04. The van der Waals surface area contributed by atoms with Crippen LogP contribution in [0.4, 0.5) is 0 Å². The molecular formula is C20H18N4O. The van der Waals surface area contributed by atoms with Gasteiger partial charge in [-0.3, -0.25) is 4.79 Å². The highest BCUT2D eigenvalue weighted by Crippen LogP contribution is 2.20. The lowest BCUT2D eigenvalue weighted by molar-refractivity contribution is 0.0955. The van der Waals surface area contributed by atoms with Gasteiger partial charge in [-0.15, -0.1) is 0 Å². The number of benzene rings is 2. The molecule has 1 aromatic heterocycles. The number of nitriles is 1. The van der Waals surface area contributed by atoms with Crippen LogP contribution in [0.2, 0.25) is 0 Å². The fourth-order valence-electron chi connectivity index (χ4n) is 2.66. The van der Waals surface area contributed by atoms with Crippen LogP contribution in [0.15, 0.2) is 59.8 Å². The molecule has 2 aromatic carbocycles. The summed E-state index contributed by atoms with van der Waals surface area (Å²) < 4.78 is 2.03. The Morgan fingerprint density at radius 1 is 1.24 bits per heavy atom. The maximum absolute atomic E-state index is 12.1. The summed E-state index contributed by atoms with van der Waals surface area (Å²) in [6, 6.07) is 17.4. The van der Waals surface area contributed by atoms with E-state index in [2.05, 4.69) is 16.6 Å². The second-order valence-corrected chi connectivity index (χ2v) is 5.77. The predicted octanol–water partition coefficient (Wildman–Crippen LogP) is 3.63. The summed E-state index contributed by atoms with van der Waals surface area (Å²) in [6.45, 7) is 2.60. The number of aryl methyl sites for hydroxylation is 2. The van der Waals surface area contributed by atoms with Crippen molar-refractivity contribution < 1.29 is 4.79 Å². The van der Waals surface area contributed by atoms with Crippen molar-refractivity contribution in [3.05, 3.63) is 71.4 Å². The summed E-state index contributed by atoms with van der Waals surface area (Å²) in [5, 5.41) is 13.9. The standard InChI is InChI=1S/C20H18N4O/c1-15-7-9-16(10-8-15)20(25)23-22-13-17-14-24(12-4-11-21)19-6-3-2-5-18(17)19/h2-3,5-10,13-14H,4,12H2,1H3,(H,23,25)/b22-13-. The van der Waals surface area contributed by atoms with Crippen LogP contribution in [-0.4, -0.2) is 16.7 Å². The number of carbonyl (C=O) groups excluding carboxylic acids is 1. The highest BCUT2D eigenvalue weighted by atomic mass is 16.2. The van der Waals surface area contributed by atoms with Crippen molar-refractivity contribution >= 4 is 23.0 Å². The molecule has 0 saturated carbocycles. The van der Waals surface area contributed by atoms with Crippen LogP contribution >= 0.6 is 0 Å². The molecule has 124 valence electrons. The van der Waals surface area contributed by atoms with Gasteiger partial charge in [0.1, 0.15) is 0 Å². The monoisotopic (exact) mass is 330 g/mol. The number of aromatic nitrogens is 1. The number of nitrogens with zero attached hydrogens (tertiary/aromatic N) is 3. The molecule has 0 unspecified atom stereocenters. The van der Waals surface area contributed by atoms with Gasteiger partial charge in [0.2, 0.25) is 0 Å². The van der Waals surface area contributed by atoms with Crippen LogP contribution < -0.4 is 5.43 Å². The minimum atomic E-state index is -0.246. The molecule has 0 aliphatic heterocycles. The number of para-hydroxylation sites is 1. The van der Waals surface area contributed by atoms with E-state index in [4.69, 9.17) is 5.26 Å². The number of hydrogen-bond acceptors (Lipinski definition) is 3. The number of nitrogens with one attached hydrogen (secondary N) is 1. The topological polar surface area (TPSA) is 70.2 Å². The lowest BCUT2D eigenvalue weighted by Crippen LogP contribution is -2.17. The average Bonchev–Trinajstić information content (AvgIpc) is 2.98. The summed E-state index contributed by atoms with van der Waals surface area (Å²) in [4.78, 5) is 12.1. The van der Waals surface area contributed by atoms with Gasteiger partial charge in [0.05, 0.1) is 18.7 Å². The lowest BCUT2D eigenvalue weighted by Gasteiger charge is -2.00. The fourth-order valence-corrected chi connectivity index (χ4v) is 2.66. The van der Waals surface area contributed by atoms with Gasteiger partial charge in [-0.1, -0.05) is 35.9 Å². The summed E-state index contributed by atoms with van der Waals surface area (Å²) in [6.07, 6.45) is 4.03.